The number of phenols is 1. The second-order valence-corrected chi connectivity index (χ2v) is 8.86. The number of phenolic OH excluding ortho intramolecular Hbond substituents is 1. The van der Waals surface area contributed by atoms with Crippen molar-refractivity contribution in [3.05, 3.63) is 90.3 Å². The summed E-state index contributed by atoms with van der Waals surface area (Å²) in [6.45, 7) is 0. The molecular formula is C27H22N4O4S. The normalized spacial score (nSPS) is 14.4. The molecule has 1 aliphatic rings. The number of hydrogen-bond acceptors (Lipinski definition) is 6. The number of aromatic hydroxyl groups is 1. The van der Waals surface area contributed by atoms with Crippen LogP contribution in [0.1, 0.15) is 5.56 Å². The van der Waals surface area contributed by atoms with E-state index in [1.54, 1.807) is 30.3 Å². The number of anilines is 2. The average molecular weight is 499 g/mol. The molecule has 0 aliphatic carbocycles. The van der Waals surface area contributed by atoms with Gasteiger partial charge in [0, 0.05) is 23.0 Å². The molecule has 5 rings (SSSR count). The molecule has 0 saturated carbocycles. The highest BCUT2D eigenvalue weighted by molar-refractivity contribution is 8.14. The van der Waals surface area contributed by atoms with Crippen LogP contribution in [0.5, 0.6) is 11.5 Å². The smallest absolute Gasteiger partial charge is 0.283 e. The van der Waals surface area contributed by atoms with Crippen molar-refractivity contribution in [1.82, 2.24) is 4.98 Å². The molecule has 0 bridgehead atoms. The SMILES string of the molecule is COc1cccc(/C=C2\N=C(SCC(=O)Nc3ccc4cc[nH]c4c3)N(c3ccccc3)C2=O)c1O. The Morgan fingerprint density at radius 3 is 2.78 bits per heavy atom. The van der Waals surface area contributed by atoms with Crippen LogP contribution in [0.15, 0.2) is 89.7 Å². The molecule has 3 N–H and O–H groups in total. The van der Waals surface area contributed by atoms with Gasteiger partial charge in [0.05, 0.1) is 18.6 Å². The van der Waals surface area contributed by atoms with Crippen molar-refractivity contribution in [1.29, 1.82) is 0 Å². The number of aromatic amines is 1. The van der Waals surface area contributed by atoms with Gasteiger partial charge in [-0.2, -0.15) is 0 Å². The fourth-order valence-corrected chi connectivity index (χ4v) is 4.63. The van der Waals surface area contributed by atoms with E-state index < -0.39 is 0 Å². The lowest BCUT2D eigenvalue weighted by atomic mass is 10.1. The number of nitrogens with one attached hydrogen (secondary N) is 2. The number of benzene rings is 3. The first-order valence-corrected chi connectivity index (χ1v) is 12.1. The Bertz CT molecular complexity index is 1510. The van der Waals surface area contributed by atoms with Crippen LogP contribution in [0.3, 0.4) is 0 Å². The number of carbonyl (C=O) groups is 2. The van der Waals surface area contributed by atoms with Crippen molar-refractivity contribution in [2.24, 2.45) is 4.99 Å². The van der Waals surface area contributed by atoms with Crippen LogP contribution in [0, 0.1) is 0 Å². The van der Waals surface area contributed by atoms with Crippen molar-refractivity contribution in [3.63, 3.8) is 0 Å². The van der Waals surface area contributed by atoms with E-state index in [2.05, 4.69) is 15.3 Å². The first kappa shape index (κ1) is 23.3. The van der Waals surface area contributed by atoms with Gasteiger partial charge in [-0.3, -0.25) is 14.5 Å². The fourth-order valence-electron chi connectivity index (χ4n) is 3.82. The number of methoxy groups -OCH3 is 1. The minimum atomic E-state index is -0.358. The summed E-state index contributed by atoms with van der Waals surface area (Å²) in [5, 5.41) is 14.8. The van der Waals surface area contributed by atoms with Crippen molar-refractivity contribution < 1.29 is 19.4 Å². The maximum Gasteiger partial charge on any atom is 0.283 e. The first-order chi connectivity index (χ1) is 17.5. The van der Waals surface area contributed by atoms with Gasteiger partial charge in [0.15, 0.2) is 16.7 Å². The van der Waals surface area contributed by atoms with Gasteiger partial charge < -0.3 is 20.1 Å². The number of aromatic nitrogens is 1. The van der Waals surface area contributed by atoms with Crippen LogP contribution < -0.4 is 15.0 Å². The number of carbonyl (C=O) groups excluding carboxylic acids is 2. The number of fused-ring (bicyclic) bond motifs is 1. The quantitative estimate of drug-likeness (QED) is 0.325. The van der Waals surface area contributed by atoms with Crippen LogP contribution in [0.25, 0.3) is 17.0 Å². The molecule has 1 aromatic heterocycles. The van der Waals surface area contributed by atoms with Gasteiger partial charge in [-0.15, -0.1) is 0 Å². The zero-order valence-corrected chi connectivity index (χ0v) is 20.1. The molecule has 0 unspecified atom stereocenters. The maximum atomic E-state index is 13.3. The zero-order chi connectivity index (χ0) is 25.1. The number of H-pyrrole nitrogens is 1. The van der Waals surface area contributed by atoms with Crippen LogP contribution >= 0.6 is 11.8 Å². The van der Waals surface area contributed by atoms with E-state index in [-0.39, 0.29) is 29.0 Å². The number of rotatable bonds is 6. The zero-order valence-electron chi connectivity index (χ0n) is 19.3. The summed E-state index contributed by atoms with van der Waals surface area (Å²) >= 11 is 1.16. The van der Waals surface area contributed by atoms with Gasteiger partial charge in [-0.1, -0.05) is 48.2 Å². The number of amidine groups is 1. The maximum absolute atomic E-state index is 13.3. The Morgan fingerprint density at radius 1 is 1.14 bits per heavy atom. The van der Waals surface area contributed by atoms with Gasteiger partial charge in [-0.25, -0.2) is 4.99 Å². The summed E-state index contributed by atoms with van der Waals surface area (Å²) in [5.74, 6) is -0.320. The Morgan fingerprint density at radius 2 is 1.97 bits per heavy atom. The van der Waals surface area contributed by atoms with Crippen LogP contribution in [0.2, 0.25) is 0 Å². The molecule has 0 atom stereocenters. The standard InChI is InChI=1S/C27H22N4O4S/c1-35-23-9-5-6-18(25(23)33)14-22-26(34)31(20-7-3-2-4-8-20)27(30-22)36-16-24(32)29-19-11-10-17-12-13-28-21(17)15-19/h2-15,28,33H,16H2,1H3,(H,29,32)/b22-14-. The molecule has 0 saturated heterocycles. The van der Waals surface area contributed by atoms with E-state index in [0.717, 1.165) is 22.7 Å². The largest absolute Gasteiger partial charge is 0.504 e. The van der Waals surface area contributed by atoms with Crippen molar-refractivity contribution in [3.8, 4) is 11.5 Å². The molecule has 0 fully saturated rings. The lowest BCUT2D eigenvalue weighted by Gasteiger charge is -2.17. The van der Waals surface area contributed by atoms with E-state index in [0.29, 0.717) is 27.9 Å². The summed E-state index contributed by atoms with van der Waals surface area (Å²) in [6.07, 6.45) is 3.35. The molecule has 9 heteroatoms. The minimum absolute atomic E-state index is 0.0515. The predicted octanol–water partition coefficient (Wildman–Crippen LogP) is 5.00. The average Bonchev–Trinajstić information content (AvgIpc) is 3.48. The Kier molecular flexibility index (Phi) is 6.46. The second-order valence-electron chi connectivity index (χ2n) is 7.91. The Hall–Kier alpha value is -4.50. The second kappa shape index (κ2) is 10.0. The van der Waals surface area contributed by atoms with Crippen molar-refractivity contribution in [2.45, 2.75) is 0 Å². The number of aliphatic imine (C=N–C) groups is 1. The van der Waals surface area contributed by atoms with Crippen molar-refractivity contribution in [2.75, 3.05) is 23.1 Å². The van der Waals surface area contributed by atoms with Gasteiger partial charge >= 0.3 is 0 Å². The summed E-state index contributed by atoms with van der Waals surface area (Å²) in [6, 6.07) is 21.7. The van der Waals surface area contributed by atoms with Crippen molar-refractivity contribution >= 4 is 57.1 Å². The monoisotopic (exact) mass is 498 g/mol. The molecule has 1 aliphatic heterocycles. The fraction of sp³-hybridized carbons (Fsp3) is 0.0741. The molecule has 0 spiro atoms. The topological polar surface area (TPSA) is 107 Å². The highest BCUT2D eigenvalue weighted by Gasteiger charge is 2.32. The molecule has 36 heavy (non-hydrogen) atoms. The third-order valence-corrected chi connectivity index (χ3v) is 6.50. The molecule has 3 aromatic carbocycles. The number of ether oxygens (including phenoxy) is 1. The molecule has 180 valence electrons. The molecule has 2 amide bonds. The highest BCUT2D eigenvalue weighted by Crippen LogP contribution is 2.34. The van der Waals surface area contributed by atoms with Crippen LogP contribution in [-0.2, 0) is 9.59 Å². The van der Waals surface area contributed by atoms with E-state index in [1.165, 1.54) is 18.1 Å². The Labute approximate surface area is 211 Å². The van der Waals surface area contributed by atoms with E-state index in [1.807, 2.05) is 48.7 Å². The lowest BCUT2D eigenvalue weighted by molar-refractivity contribution is -0.114. The van der Waals surface area contributed by atoms with Gasteiger partial charge in [0.25, 0.3) is 5.91 Å². The van der Waals surface area contributed by atoms with E-state index in [9.17, 15) is 14.7 Å². The van der Waals surface area contributed by atoms with Crippen LogP contribution in [0.4, 0.5) is 11.4 Å². The van der Waals surface area contributed by atoms with Gasteiger partial charge in [0.2, 0.25) is 5.91 Å². The lowest BCUT2D eigenvalue weighted by Crippen LogP contribution is -2.31. The number of hydrogen-bond donors (Lipinski definition) is 3. The van der Waals surface area contributed by atoms with Gasteiger partial charge in [-0.05, 0) is 47.9 Å². The number of thioether (sulfide) groups is 1. The summed E-state index contributed by atoms with van der Waals surface area (Å²) < 4.78 is 5.16. The van der Waals surface area contributed by atoms with E-state index in [4.69, 9.17) is 4.74 Å². The minimum Gasteiger partial charge on any atom is -0.504 e. The van der Waals surface area contributed by atoms with E-state index >= 15 is 0 Å². The number of para-hydroxylation sites is 2. The molecule has 2 heterocycles. The molecule has 0 radical (unpaired) electrons. The Balaban J connectivity index is 1.38. The van der Waals surface area contributed by atoms with Gasteiger partial charge in [0.1, 0.15) is 5.70 Å². The molecule has 8 nitrogen and oxygen atoms in total. The summed E-state index contributed by atoms with van der Waals surface area (Å²) in [4.78, 5) is 35.1. The first-order valence-electron chi connectivity index (χ1n) is 11.1. The summed E-state index contributed by atoms with van der Waals surface area (Å²) in [7, 11) is 1.46. The summed E-state index contributed by atoms with van der Waals surface area (Å²) in [5.41, 5.74) is 2.77. The predicted molar refractivity (Wildman–Crippen MR) is 143 cm³/mol. The van der Waals surface area contributed by atoms with Crippen LogP contribution in [-0.4, -0.2) is 39.9 Å². The third kappa shape index (κ3) is 4.69. The molecule has 4 aromatic rings. The number of nitrogens with zero attached hydrogens (tertiary/aromatic N) is 2. The third-order valence-electron chi connectivity index (χ3n) is 5.56. The highest BCUT2D eigenvalue weighted by atomic mass is 32.2. The number of amides is 2. The molecular weight excluding hydrogens is 476 g/mol.